The number of primary amides is 1. The molecule has 0 saturated carbocycles. The lowest BCUT2D eigenvalue weighted by Gasteiger charge is -2.29. The highest BCUT2D eigenvalue weighted by molar-refractivity contribution is 7.89. The molecule has 2 amide bonds. The molecule has 3 aromatic rings. The standard InChI is InChI=1S/C24H24F2N6O5S/c25-14-9-15(26)11-17(10-14)38(35,36)32-4-3-21-20(13-32)23(30-29-21)28-24(34)18-2-1-16(12-19(18)22(27)33)31-5-7-37-8-6-31/h1-2,9-12H,3-8,13H2,(H2,27,33)(H2,28,29,30,34). The van der Waals surface area contributed by atoms with Crippen LogP contribution in [0.15, 0.2) is 41.3 Å². The summed E-state index contributed by atoms with van der Waals surface area (Å²) < 4.78 is 59.9. The molecule has 4 N–H and O–H groups in total. The van der Waals surface area contributed by atoms with Crippen molar-refractivity contribution in [1.29, 1.82) is 0 Å². The molecule has 14 heteroatoms. The highest BCUT2D eigenvalue weighted by Gasteiger charge is 2.32. The van der Waals surface area contributed by atoms with E-state index in [4.69, 9.17) is 10.5 Å². The first-order valence-corrected chi connectivity index (χ1v) is 13.2. The van der Waals surface area contributed by atoms with Gasteiger partial charge in [0.25, 0.3) is 5.91 Å². The fraction of sp³-hybridized carbons (Fsp3) is 0.292. The number of hydrogen-bond acceptors (Lipinski definition) is 7. The number of aromatic amines is 1. The van der Waals surface area contributed by atoms with Crippen molar-refractivity contribution >= 4 is 33.3 Å². The lowest BCUT2D eigenvalue weighted by Crippen LogP contribution is -2.36. The minimum Gasteiger partial charge on any atom is -0.378 e. The van der Waals surface area contributed by atoms with Gasteiger partial charge < -0.3 is 20.7 Å². The number of fused-ring (bicyclic) bond motifs is 1. The highest BCUT2D eigenvalue weighted by Crippen LogP contribution is 2.29. The lowest BCUT2D eigenvalue weighted by atomic mass is 10.0. The topological polar surface area (TPSA) is 151 Å². The molecule has 5 rings (SSSR count). The fourth-order valence-electron chi connectivity index (χ4n) is 4.53. The van der Waals surface area contributed by atoms with Crippen LogP contribution in [-0.4, -0.2) is 67.6 Å². The van der Waals surface area contributed by atoms with E-state index in [1.807, 2.05) is 4.90 Å². The second-order valence-corrected chi connectivity index (χ2v) is 10.8. The first-order valence-electron chi connectivity index (χ1n) is 11.7. The third-order valence-electron chi connectivity index (χ3n) is 6.49. The summed E-state index contributed by atoms with van der Waals surface area (Å²) in [6.45, 7) is 2.19. The Morgan fingerprint density at radius 3 is 2.42 bits per heavy atom. The normalized spacial score (nSPS) is 16.2. The van der Waals surface area contributed by atoms with Gasteiger partial charge in [-0.15, -0.1) is 0 Å². The van der Waals surface area contributed by atoms with Gasteiger partial charge in [-0.25, -0.2) is 17.2 Å². The molecule has 0 atom stereocenters. The molecule has 3 heterocycles. The van der Waals surface area contributed by atoms with E-state index in [2.05, 4.69) is 15.5 Å². The molecule has 0 spiro atoms. The smallest absolute Gasteiger partial charge is 0.257 e. The number of nitrogens with one attached hydrogen (secondary N) is 2. The number of rotatable bonds is 6. The third-order valence-corrected chi connectivity index (χ3v) is 8.32. The van der Waals surface area contributed by atoms with Gasteiger partial charge in [-0.05, 0) is 30.3 Å². The number of halogens is 2. The second-order valence-electron chi connectivity index (χ2n) is 8.87. The van der Waals surface area contributed by atoms with Crippen LogP contribution in [0.4, 0.5) is 20.3 Å². The van der Waals surface area contributed by atoms with Crippen molar-refractivity contribution in [2.75, 3.05) is 43.1 Å². The largest absolute Gasteiger partial charge is 0.378 e. The zero-order chi connectivity index (χ0) is 27.0. The number of aromatic nitrogens is 2. The van der Waals surface area contributed by atoms with Crippen LogP contribution < -0.4 is 16.0 Å². The van der Waals surface area contributed by atoms with Crippen molar-refractivity contribution in [2.45, 2.75) is 17.9 Å². The van der Waals surface area contributed by atoms with E-state index in [1.165, 1.54) is 6.07 Å². The van der Waals surface area contributed by atoms with E-state index in [-0.39, 0.29) is 36.5 Å². The zero-order valence-corrected chi connectivity index (χ0v) is 20.9. The summed E-state index contributed by atoms with van der Waals surface area (Å²) in [5.41, 5.74) is 7.35. The number of sulfonamides is 1. The highest BCUT2D eigenvalue weighted by atomic mass is 32.2. The van der Waals surface area contributed by atoms with Crippen LogP contribution in [0.1, 0.15) is 32.0 Å². The number of carbonyl (C=O) groups is 2. The van der Waals surface area contributed by atoms with Crippen molar-refractivity contribution in [3.8, 4) is 0 Å². The molecule has 2 aromatic carbocycles. The van der Waals surface area contributed by atoms with Crippen molar-refractivity contribution in [3.05, 3.63) is 70.4 Å². The molecular weight excluding hydrogens is 522 g/mol. The Morgan fingerprint density at radius 1 is 1.03 bits per heavy atom. The van der Waals surface area contributed by atoms with Gasteiger partial charge in [0.15, 0.2) is 5.82 Å². The maximum Gasteiger partial charge on any atom is 0.257 e. The minimum absolute atomic E-state index is 0.0215. The van der Waals surface area contributed by atoms with E-state index in [1.54, 1.807) is 12.1 Å². The Bertz CT molecular complexity index is 1500. The van der Waals surface area contributed by atoms with Crippen LogP contribution in [0, 0.1) is 11.6 Å². The molecule has 0 unspecified atom stereocenters. The fourth-order valence-corrected chi connectivity index (χ4v) is 5.98. The Morgan fingerprint density at radius 2 is 1.74 bits per heavy atom. The number of anilines is 2. The quantitative estimate of drug-likeness (QED) is 0.425. The second kappa shape index (κ2) is 10.1. The molecule has 1 fully saturated rings. The van der Waals surface area contributed by atoms with E-state index >= 15 is 0 Å². The van der Waals surface area contributed by atoms with Gasteiger partial charge in [0, 0.05) is 55.6 Å². The predicted molar refractivity (Wildman–Crippen MR) is 132 cm³/mol. The van der Waals surface area contributed by atoms with Crippen LogP contribution in [0.2, 0.25) is 0 Å². The summed E-state index contributed by atoms with van der Waals surface area (Å²) >= 11 is 0. The first-order chi connectivity index (χ1) is 18.1. The van der Waals surface area contributed by atoms with Gasteiger partial charge in [-0.3, -0.25) is 14.7 Å². The molecule has 2 aliphatic rings. The number of nitrogens with zero attached hydrogens (tertiary/aromatic N) is 3. The summed E-state index contributed by atoms with van der Waals surface area (Å²) in [4.78, 5) is 26.8. The SMILES string of the molecule is NC(=O)c1cc(N2CCOCC2)ccc1C(=O)Nc1n[nH]c2c1CN(S(=O)(=O)c1cc(F)cc(F)c1)CC2. The zero-order valence-electron chi connectivity index (χ0n) is 20.0. The van der Waals surface area contributed by atoms with Crippen molar-refractivity contribution in [3.63, 3.8) is 0 Å². The Hall–Kier alpha value is -3.88. The van der Waals surface area contributed by atoms with Crippen LogP contribution >= 0.6 is 0 Å². The predicted octanol–water partition coefficient (Wildman–Crippen LogP) is 1.62. The molecule has 38 heavy (non-hydrogen) atoms. The molecule has 0 radical (unpaired) electrons. The third kappa shape index (κ3) is 4.97. The van der Waals surface area contributed by atoms with Gasteiger partial charge in [0.05, 0.1) is 29.2 Å². The average molecular weight is 547 g/mol. The monoisotopic (exact) mass is 546 g/mol. The first kappa shape index (κ1) is 25.8. The van der Waals surface area contributed by atoms with Crippen LogP contribution in [-0.2, 0) is 27.7 Å². The molecule has 0 bridgehead atoms. The number of nitrogens with two attached hydrogens (primary N) is 1. The number of hydrogen-bond donors (Lipinski definition) is 3. The van der Waals surface area contributed by atoms with Crippen LogP contribution in [0.3, 0.4) is 0 Å². The van der Waals surface area contributed by atoms with Crippen molar-refractivity contribution in [1.82, 2.24) is 14.5 Å². The molecule has 11 nitrogen and oxygen atoms in total. The molecule has 1 aromatic heterocycles. The number of morpholine rings is 1. The molecule has 1 saturated heterocycles. The van der Waals surface area contributed by atoms with Gasteiger partial charge in [-0.2, -0.15) is 9.40 Å². The number of benzene rings is 2. The maximum absolute atomic E-state index is 13.7. The number of carbonyl (C=O) groups excluding carboxylic acids is 2. The lowest BCUT2D eigenvalue weighted by molar-refractivity contribution is 0.0977. The summed E-state index contributed by atoms with van der Waals surface area (Å²) in [5, 5.41) is 9.52. The number of amides is 2. The summed E-state index contributed by atoms with van der Waals surface area (Å²) in [7, 11) is -4.23. The van der Waals surface area contributed by atoms with E-state index < -0.39 is 38.4 Å². The van der Waals surface area contributed by atoms with E-state index in [0.29, 0.717) is 43.6 Å². The van der Waals surface area contributed by atoms with Crippen molar-refractivity contribution in [2.24, 2.45) is 5.73 Å². The van der Waals surface area contributed by atoms with Gasteiger partial charge in [-0.1, -0.05) is 0 Å². The summed E-state index contributed by atoms with van der Waals surface area (Å²) in [6.07, 6.45) is 0.232. The Labute approximate surface area is 216 Å². The minimum atomic E-state index is -4.23. The summed E-state index contributed by atoms with van der Waals surface area (Å²) in [6, 6.07) is 6.84. The molecular formula is C24H24F2N6O5S. The van der Waals surface area contributed by atoms with Gasteiger partial charge >= 0.3 is 0 Å². The summed E-state index contributed by atoms with van der Waals surface area (Å²) in [5.74, 6) is -3.39. The van der Waals surface area contributed by atoms with Gasteiger partial charge in [0.2, 0.25) is 15.9 Å². The average Bonchev–Trinajstić information content (AvgIpc) is 3.30. The van der Waals surface area contributed by atoms with Crippen LogP contribution in [0.5, 0.6) is 0 Å². The van der Waals surface area contributed by atoms with E-state index in [0.717, 1.165) is 22.1 Å². The maximum atomic E-state index is 13.7. The van der Waals surface area contributed by atoms with Crippen LogP contribution in [0.25, 0.3) is 0 Å². The Balaban J connectivity index is 1.38. The molecule has 0 aliphatic carbocycles. The molecule has 2 aliphatic heterocycles. The van der Waals surface area contributed by atoms with E-state index in [9.17, 15) is 26.8 Å². The number of H-pyrrole nitrogens is 1. The van der Waals surface area contributed by atoms with Gasteiger partial charge in [0.1, 0.15) is 11.6 Å². The Kier molecular flexibility index (Phi) is 6.86. The van der Waals surface area contributed by atoms with Crippen molar-refractivity contribution < 1.29 is 31.5 Å². The molecule has 200 valence electrons. The number of ether oxygens (including phenoxy) is 1.